The molecule has 0 fully saturated rings. The Morgan fingerprint density at radius 1 is 1.00 bits per heavy atom. The molecule has 4 rings (SSSR count). The molecule has 0 aliphatic carbocycles. The van der Waals surface area contributed by atoms with Crippen molar-refractivity contribution in [1.29, 1.82) is 0 Å². The maximum absolute atomic E-state index is 4.55. The van der Waals surface area contributed by atoms with E-state index in [1.165, 1.54) is 16.9 Å². The maximum Gasteiger partial charge on any atom is 0.236 e. The van der Waals surface area contributed by atoms with Gasteiger partial charge in [-0.3, -0.25) is 4.98 Å². The lowest BCUT2D eigenvalue weighted by molar-refractivity contribution is 0.969. The molecular formula is C15H12N6S. The molecule has 3 aromatic heterocycles. The highest BCUT2D eigenvalue weighted by Crippen LogP contribution is 2.26. The Morgan fingerprint density at radius 3 is 2.55 bits per heavy atom. The first-order valence-electron chi connectivity index (χ1n) is 6.76. The predicted octanol–water partition coefficient (Wildman–Crippen LogP) is 3.30. The lowest BCUT2D eigenvalue weighted by atomic mass is 10.2. The van der Waals surface area contributed by atoms with E-state index in [4.69, 9.17) is 0 Å². The van der Waals surface area contributed by atoms with Gasteiger partial charge in [-0.2, -0.15) is 4.52 Å². The van der Waals surface area contributed by atoms with E-state index in [1.54, 1.807) is 16.9 Å². The average molecular weight is 308 g/mol. The minimum atomic E-state index is 0.714. The highest BCUT2D eigenvalue weighted by molar-refractivity contribution is 7.20. The summed E-state index contributed by atoms with van der Waals surface area (Å²) in [5.41, 5.74) is 3.17. The minimum Gasteiger partial charge on any atom is -0.330 e. The number of pyridine rings is 1. The summed E-state index contributed by atoms with van der Waals surface area (Å²) in [7, 11) is 0. The van der Waals surface area contributed by atoms with Gasteiger partial charge < -0.3 is 5.32 Å². The maximum atomic E-state index is 4.55. The van der Waals surface area contributed by atoms with Gasteiger partial charge in [-0.25, -0.2) is 0 Å². The molecule has 7 heteroatoms. The Morgan fingerprint density at radius 2 is 1.77 bits per heavy atom. The zero-order valence-corrected chi connectivity index (χ0v) is 12.6. The second-order valence-electron chi connectivity index (χ2n) is 4.85. The molecule has 4 aromatic rings. The fourth-order valence-corrected chi connectivity index (χ4v) is 2.87. The van der Waals surface area contributed by atoms with Gasteiger partial charge >= 0.3 is 0 Å². The number of hydrogen-bond acceptors (Lipinski definition) is 6. The third kappa shape index (κ3) is 2.31. The number of aryl methyl sites for hydroxylation is 1. The summed E-state index contributed by atoms with van der Waals surface area (Å²) in [4.78, 5) is 4.77. The van der Waals surface area contributed by atoms with Crippen molar-refractivity contribution in [3.8, 4) is 11.4 Å². The smallest absolute Gasteiger partial charge is 0.236 e. The van der Waals surface area contributed by atoms with E-state index >= 15 is 0 Å². The van der Waals surface area contributed by atoms with Gasteiger partial charge in [-0.15, -0.1) is 15.3 Å². The predicted molar refractivity (Wildman–Crippen MR) is 86.4 cm³/mol. The van der Waals surface area contributed by atoms with Crippen molar-refractivity contribution in [3.05, 3.63) is 54.4 Å². The van der Waals surface area contributed by atoms with E-state index in [0.717, 1.165) is 21.3 Å². The largest absolute Gasteiger partial charge is 0.330 e. The van der Waals surface area contributed by atoms with Crippen LogP contribution in [-0.4, -0.2) is 24.8 Å². The average Bonchev–Trinajstić information content (AvgIpc) is 3.10. The third-order valence-electron chi connectivity index (χ3n) is 3.23. The first-order valence-corrected chi connectivity index (χ1v) is 7.57. The van der Waals surface area contributed by atoms with E-state index in [2.05, 4.69) is 44.7 Å². The molecule has 0 atom stereocenters. The Balaban J connectivity index is 1.70. The van der Waals surface area contributed by atoms with Gasteiger partial charge in [-0.1, -0.05) is 29.0 Å². The molecule has 0 aliphatic rings. The van der Waals surface area contributed by atoms with Crippen molar-refractivity contribution in [1.82, 2.24) is 24.8 Å². The number of nitrogens with zero attached hydrogens (tertiary/aromatic N) is 5. The van der Waals surface area contributed by atoms with Crippen LogP contribution in [0, 0.1) is 6.92 Å². The second-order valence-corrected chi connectivity index (χ2v) is 5.81. The van der Waals surface area contributed by atoms with Gasteiger partial charge in [0.1, 0.15) is 0 Å². The number of aromatic nitrogens is 5. The molecule has 0 saturated heterocycles. The van der Waals surface area contributed by atoms with Crippen LogP contribution >= 0.6 is 11.3 Å². The van der Waals surface area contributed by atoms with E-state index in [1.807, 2.05) is 24.3 Å². The molecule has 0 radical (unpaired) electrons. The standard InChI is InChI=1S/C15H12N6S/c1-10-2-4-12(5-3-10)17-14-20-21-13(18-19-15(21)22-14)11-6-8-16-9-7-11/h2-9H,1H3,(H,17,20). The van der Waals surface area contributed by atoms with Gasteiger partial charge in [-0.05, 0) is 31.2 Å². The van der Waals surface area contributed by atoms with E-state index < -0.39 is 0 Å². The molecule has 1 N–H and O–H groups in total. The van der Waals surface area contributed by atoms with Crippen LogP contribution in [0.5, 0.6) is 0 Å². The zero-order chi connectivity index (χ0) is 14.9. The van der Waals surface area contributed by atoms with Crippen LogP contribution in [0.1, 0.15) is 5.56 Å². The Hall–Kier alpha value is -2.80. The second kappa shape index (κ2) is 5.19. The number of nitrogens with one attached hydrogen (secondary N) is 1. The van der Waals surface area contributed by atoms with Gasteiger partial charge in [0.25, 0.3) is 0 Å². The zero-order valence-electron chi connectivity index (χ0n) is 11.8. The van der Waals surface area contributed by atoms with Crippen molar-refractivity contribution >= 4 is 27.1 Å². The molecular weight excluding hydrogens is 296 g/mol. The Bertz CT molecular complexity index is 910. The van der Waals surface area contributed by atoms with Crippen LogP contribution in [-0.2, 0) is 0 Å². The summed E-state index contributed by atoms with van der Waals surface area (Å²) in [5, 5.41) is 17.0. The summed E-state index contributed by atoms with van der Waals surface area (Å²) >= 11 is 1.46. The van der Waals surface area contributed by atoms with Crippen LogP contribution in [0.15, 0.2) is 48.8 Å². The molecule has 6 nitrogen and oxygen atoms in total. The summed E-state index contributed by atoms with van der Waals surface area (Å²) in [6.07, 6.45) is 3.46. The van der Waals surface area contributed by atoms with Crippen LogP contribution in [0.2, 0.25) is 0 Å². The minimum absolute atomic E-state index is 0.714. The number of benzene rings is 1. The summed E-state index contributed by atoms with van der Waals surface area (Å²) in [6, 6.07) is 12.0. The van der Waals surface area contributed by atoms with Crippen molar-refractivity contribution in [2.45, 2.75) is 6.92 Å². The first-order chi connectivity index (χ1) is 10.8. The fraction of sp³-hybridized carbons (Fsp3) is 0.0667. The molecule has 3 heterocycles. The quantitative estimate of drug-likeness (QED) is 0.629. The van der Waals surface area contributed by atoms with Crippen molar-refractivity contribution in [2.24, 2.45) is 0 Å². The Kier molecular flexibility index (Phi) is 3.05. The lowest BCUT2D eigenvalue weighted by Crippen LogP contribution is -1.94. The highest BCUT2D eigenvalue weighted by atomic mass is 32.1. The third-order valence-corrected chi connectivity index (χ3v) is 4.05. The van der Waals surface area contributed by atoms with E-state index in [-0.39, 0.29) is 0 Å². The van der Waals surface area contributed by atoms with Crippen LogP contribution in [0.3, 0.4) is 0 Å². The van der Waals surface area contributed by atoms with E-state index in [0.29, 0.717) is 5.82 Å². The number of hydrogen-bond donors (Lipinski definition) is 1. The molecule has 1 aromatic carbocycles. The van der Waals surface area contributed by atoms with Crippen LogP contribution < -0.4 is 5.32 Å². The molecule has 0 aliphatic heterocycles. The summed E-state index contributed by atoms with van der Waals surface area (Å²) in [5.74, 6) is 0.714. The van der Waals surface area contributed by atoms with Crippen molar-refractivity contribution < 1.29 is 0 Å². The highest BCUT2D eigenvalue weighted by Gasteiger charge is 2.13. The number of anilines is 2. The molecule has 22 heavy (non-hydrogen) atoms. The molecule has 0 amide bonds. The Labute approximate surface area is 130 Å². The van der Waals surface area contributed by atoms with Gasteiger partial charge in [0, 0.05) is 23.6 Å². The van der Waals surface area contributed by atoms with Crippen molar-refractivity contribution in [3.63, 3.8) is 0 Å². The lowest BCUT2D eigenvalue weighted by Gasteiger charge is -2.01. The topological polar surface area (TPSA) is 68.0 Å². The van der Waals surface area contributed by atoms with Crippen LogP contribution in [0.25, 0.3) is 16.3 Å². The molecule has 108 valence electrons. The SMILES string of the molecule is Cc1ccc(Nc2nn3c(-c4ccncc4)nnc3s2)cc1. The van der Waals surface area contributed by atoms with Gasteiger partial charge in [0.05, 0.1) is 0 Å². The fourth-order valence-electron chi connectivity index (χ4n) is 2.11. The van der Waals surface area contributed by atoms with Gasteiger partial charge in [0.15, 0.2) is 5.82 Å². The van der Waals surface area contributed by atoms with Crippen LogP contribution in [0.4, 0.5) is 10.8 Å². The normalized spacial score (nSPS) is 11.0. The molecule has 0 saturated carbocycles. The van der Waals surface area contributed by atoms with Gasteiger partial charge in [0.2, 0.25) is 10.1 Å². The number of fused-ring (bicyclic) bond motifs is 1. The number of rotatable bonds is 3. The molecule has 0 spiro atoms. The molecule has 0 bridgehead atoms. The summed E-state index contributed by atoms with van der Waals surface area (Å²) in [6.45, 7) is 2.06. The first kappa shape index (κ1) is 12.9. The molecule has 0 unspecified atom stereocenters. The summed E-state index contributed by atoms with van der Waals surface area (Å²) < 4.78 is 1.75. The van der Waals surface area contributed by atoms with Crippen molar-refractivity contribution in [2.75, 3.05) is 5.32 Å². The monoisotopic (exact) mass is 308 g/mol. The van der Waals surface area contributed by atoms with E-state index in [9.17, 15) is 0 Å².